The van der Waals surface area contributed by atoms with Gasteiger partial charge in [0.2, 0.25) is 0 Å². The lowest BCUT2D eigenvalue weighted by Crippen LogP contribution is -2.40. The number of amides is 1. The van der Waals surface area contributed by atoms with Gasteiger partial charge in [-0.1, -0.05) is 57.0 Å². The summed E-state index contributed by atoms with van der Waals surface area (Å²) >= 11 is 0. The minimum absolute atomic E-state index is 0.102. The summed E-state index contributed by atoms with van der Waals surface area (Å²) in [5.41, 5.74) is 6.32. The van der Waals surface area contributed by atoms with Crippen molar-refractivity contribution in [2.24, 2.45) is 5.92 Å². The Hall–Kier alpha value is -2.40. The molecule has 0 fully saturated rings. The van der Waals surface area contributed by atoms with Crippen LogP contribution >= 0.6 is 0 Å². The molecule has 0 aliphatic carbocycles. The van der Waals surface area contributed by atoms with Crippen LogP contribution in [0.5, 0.6) is 0 Å². The van der Waals surface area contributed by atoms with Gasteiger partial charge in [-0.3, -0.25) is 4.98 Å². The van der Waals surface area contributed by atoms with E-state index in [4.69, 9.17) is 9.72 Å². The van der Waals surface area contributed by atoms with Gasteiger partial charge in [0.1, 0.15) is 6.61 Å². The molecule has 0 radical (unpaired) electrons. The zero-order chi connectivity index (χ0) is 23.2. The third-order valence-electron chi connectivity index (χ3n) is 4.98. The first kappa shape index (κ1) is 24.9. The highest BCUT2D eigenvalue weighted by atomic mass is 16.5. The van der Waals surface area contributed by atoms with Gasteiger partial charge in [0.25, 0.3) is 0 Å². The van der Waals surface area contributed by atoms with E-state index < -0.39 is 6.09 Å². The Morgan fingerprint density at radius 1 is 1.13 bits per heavy atom. The molecule has 2 N–H and O–H groups in total. The molecular formula is C26H38N2O3. The number of aromatic nitrogens is 1. The number of alkyl carbamates (subject to hydrolysis) is 1. The van der Waals surface area contributed by atoms with Gasteiger partial charge >= 0.3 is 6.09 Å². The third-order valence-corrected chi connectivity index (χ3v) is 4.98. The minimum Gasteiger partial charge on any atom is -0.445 e. The SMILES string of the molecule is CCCc1nc(CC(C)C)c(COC(=O)NC(C)(C)C)c(-c2ccc(C)cc2)c1CO. The molecule has 0 unspecified atom stereocenters. The van der Waals surface area contributed by atoms with Gasteiger partial charge in [-0.15, -0.1) is 0 Å². The van der Waals surface area contributed by atoms with Crippen molar-refractivity contribution in [3.05, 3.63) is 52.3 Å². The Kier molecular flexibility index (Phi) is 8.63. The zero-order valence-electron chi connectivity index (χ0n) is 20.1. The molecule has 0 atom stereocenters. The van der Waals surface area contributed by atoms with Crippen LogP contribution in [0.25, 0.3) is 11.1 Å². The summed E-state index contributed by atoms with van der Waals surface area (Å²) in [5, 5.41) is 13.2. The highest BCUT2D eigenvalue weighted by molar-refractivity contribution is 5.74. The van der Waals surface area contributed by atoms with Crippen LogP contribution in [0.1, 0.15) is 76.0 Å². The molecule has 1 aromatic carbocycles. The van der Waals surface area contributed by atoms with Crippen LogP contribution in [-0.4, -0.2) is 21.7 Å². The van der Waals surface area contributed by atoms with E-state index in [0.29, 0.717) is 5.92 Å². The molecule has 0 aliphatic rings. The van der Waals surface area contributed by atoms with E-state index in [-0.39, 0.29) is 18.8 Å². The summed E-state index contributed by atoms with van der Waals surface area (Å²) in [6.07, 6.45) is 2.06. The van der Waals surface area contributed by atoms with Gasteiger partial charge in [0.15, 0.2) is 0 Å². The van der Waals surface area contributed by atoms with Crippen molar-refractivity contribution < 1.29 is 14.6 Å². The predicted molar refractivity (Wildman–Crippen MR) is 126 cm³/mol. The second kappa shape index (κ2) is 10.8. The van der Waals surface area contributed by atoms with Crippen LogP contribution < -0.4 is 5.32 Å². The molecule has 1 amide bonds. The van der Waals surface area contributed by atoms with Crippen LogP contribution in [0.15, 0.2) is 24.3 Å². The molecule has 0 saturated heterocycles. The number of ether oxygens (including phenoxy) is 1. The van der Waals surface area contributed by atoms with E-state index in [1.54, 1.807) is 0 Å². The number of rotatable bonds is 8. The number of pyridine rings is 1. The predicted octanol–water partition coefficient (Wildman–Crippen LogP) is 5.73. The van der Waals surface area contributed by atoms with E-state index in [1.165, 1.54) is 5.56 Å². The molecule has 2 rings (SSSR count). The van der Waals surface area contributed by atoms with Crippen LogP contribution in [0, 0.1) is 12.8 Å². The number of aryl methyl sites for hydroxylation is 2. The second-order valence-corrected chi connectivity index (χ2v) is 9.66. The highest BCUT2D eigenvalue weighted by Crippen LogP contribution is 2.34. The molecule has 0 saturated carbocycles. The van der Waals surface area contributed by atoms with E-state index >= 15 is 0 Å². The molecule has 1 aromatic heterocycles. The number of carbonyl (C=O) groups excluding carboxylic acids is 1. The lowest BCUT2D eigenvalue weighted by Gasteiger charge is -2.23. The molecule has 0 aliphatic heterocycles. The van der Waals surface area contributed by atoms with Crippen LogP contribution in [-0.2, 0) is 30.8 Å². The number of carbonyl (C=O) groups is 1. The summed E-state index contributed by atoms with van der Waals surface area (Å²) in [4.78, 5) is 17.3. The fraction of sp³-hybridized carbons (Fsp3) is 0.538. The third kappa shape index (κ3) is 7.06. The molecule has 1 heterocycles. The maximum Gasteiger partial charge on any atom is 0.407 e. The lowest BCUT2D eigenvalue weighted by molar-refractivity contribution is 0.131. The normalized spacial score (nSPS) is 11.6. The average Bonchev–Trinajstić information content (AvgIpc) is 2.66. The molecule has 5 heteroatoms. The van der Waals surface area contributed by atoms with Crippen LogP contribution in [0.3, 0.4) is 0 Å². The smallest absolute Gasteiger partial charge is 0.407 e. The monoisotopic (exact) mass is 426 g/mol. The van der Waals surface area contributed by atoms with Crippen LogP contribution in [0.2, 0.25) is 0 Å². The van der Waals surface area contributed by atoms with E-state index in [2.05, 4.69) is 57.3 Å². The van der Waals surface area contributed by atoms with Gasteiger partial charge in [0.05, 0.1) is 6.61 Å². The van der Waals surface area contributed by atoms with Crippen molar-refractivity contribution in [1.29, 1.82) is 0 Å². The van der Waals surface area contributed by atoms with Gasteiger partial charge in [-0.2, -0.15) is 0 Å². The lowest BCUT2D eigenvalue weighted by atomic mass is 9.89. The molecule has 0 spiro atoms. The van der Waals surface area contributed by atoms with Crippen molar-refractivity contribution in [3.8, 4) is 11.1 Å². The summed E-state index contributed by atoms with van der Waals surface area (Å²) in [7, 11) is 0. The number of nitrogens with one attached hydrogen (secondary N) is 1. The maximum absolute atomic E-state index is 12.4. The standard InChI is InChI=1S/C26H38N2O3/c1-8-9-22-20(15-29)24(19-12-10-18(4)11-13-19)21(23(27-22)14-17(2)3)16-31-25(30)28-26(5,6)7/h10-13,17,29H,8-9,14-16H2,1-7H3,(H,28,30). The van der Waals surface area contributed by atoms with Gasteiger partial charge < -0.3 is 15.2 Å². The molecule has 170 valence electrons. The number of nitrogens with zero attached hydrogens (tertiary/aromatic N) is 1. The van der Waals surface area contributed by atoms with Gasteiger partial charge in [0, 0.05) is 28.1 Å². The summed E-state index contributed by atoms with van der Waals surface area (Å²) < 4.78 is 5.64. The molecular weight excluding hydrogens is 388 g/mol. The van der Waals surface area contributed by atoms with Crippen molar-refractivity contribution in [2.45, 2.75) is 86.5 Å². The zero-order valence-corrected chi connectivity index (χ0v) is 20.1. The first-order valence-corrected chi connectivity index (χ1v) is 11.2. The van der Waals surface area contributed by atoms with Gasteiger partial charge in [-0.05, 0) is 57.6 Å². The fourth-order valence-electron chi connectivity index (χ4n) is 3.64. The Balaban J connectivity index is 2.64. The van der Waals surface area contributed by atoms with Crippen molar-refractivity contribution in [3.63, 3.8) is 0 Å². The average molecular weight is 427 g/mol. The van der Waals surface area contributed by atoms with E-state index in [9.17, 15) is 9.90 Å². The number of aliphatic hydroxyl groups is 1. The molecule has 2 aromatic rings. The van der Waals surface area contributed by atoms with Crippen molar-refractivity contribution >= 4 is 6.09 Å². The first-order chi connectivity index (χ1) is 14.6. The number of hydrogen-bond donors (Lipinski definition) is 2. The van der Waals surface area contributed by atoms with E-state index in [1.807, 2.05) is 20.8 Å². The van der Waals surface area contributed by atoms with Crippen molar-refractivity contribution in [1.82, 2.24) is 10.3 Å². The summed E-state index contributed by atoms with van der Waals surface area (Å²) in [6, 6.07) is 8.26. The molecule has 5 nitrogen and oxygen atoms in total. The maximum atomic E-state index is 12.4. The molecule has 31 heavy (non-hydrogen) atoms. The minimum atomic E-state index is -0.457. The fourth-order valence-corrected chi connectivity index (χ4v) is 3.64. The van der Waals surface area contributed by atoms with Crippen LogP contribution in [0.4, 0.5) is 4.79 Å². The Bertz CT molecular complexity index is 881. The number of aliphatic hydroxyl groups excluding tert-OH is 1. The Morgan fingerprint density at radius 2 is 1.77 bits per heavy atom. The Labute approximate surface area is 187 Å². The quantitative estimate of drug-likeness (QED) is 0.566. The second-order valence-electron chi connectivity index (χ2n) is 9.66. The highest BCUT2D eigenvalue weighted by Gasteiger charge is 2.23. The first-order valence-electron chi connectivity index (χ1n) is 11.2. The molecule has 0 bridgehead atoms. The Morgan fingerprint density at radius 3 is 2.29 bits per heavy atom. The van der Waals surface area contributed by atoms with Crippen molar-refractivity contribution in [2.75, 3.05) is 0 Å². The van der Waals surface area contributed by atoms with Gasteiger partial charge in [-0.25, -0.2) is 4.79 Å². The largest absolute Gasteiger partial charge is 0.445 e. The van der Waals surface area contributed by atoms with E-state index in [0.717, 1.165) is 52.9 Å². The number of hydrogen-bond acceptors (Lipinski definition) is 4. The number of benzene rings is 1. The topological polar surface area (TPSA) is 71.5 Å². The summed E-state index contributed by atoms with van der Waals surface area (Å²) in [6.45, 7) is 14.2. The summed E-state index contributed by atoms with van der Waals surface area (Å²) in [5.74, 6) is 0.398.